The van der Waals surface area contributed by atoms with Crippen LogP contribution in [0.3, 0.4) is 0 Å². The van der Waals surface area contributed by atoms with E-state index in [9.17, 15) is 0 Å². The number of benzene rings is 1. The molecule has 0 bridgehead atoms. The Labute approximate surface area is 290 Å². The van der Waals surface area contributed by atoms with E-state index in [4.69, 9.17) is 9.47 Å². The molecule has 0 saturated heterocycles. The fourth-order valence-electron chi connectivity index (χ4n) is 6.68. The van der Waals surface area contributed by atoms with Crippen LogP contribution in [0.15, 0.2) is 18.2 Å². The Kier molecular flexibility index (Phi) is 32.7. The Morgan fingerprint density at radius 3 is 0.783 bits per heavy atom. The average molecular weight is 643 g/mol. The molecule has 0 amide bonds. The van der Waals surface area contributed by atoms with E-state index < -0.39 is 0 Å². The van der Waals surface area contributed by atoms with Crippen molar-refractivity contribution in [3.63, 3.8) is 0 Å². The van der Waals surface area contributed by atoms with Crippen LogP contribution in [0, 0.1) is 0 Å². The molecule has 0 aromatic heterocycles. The highest BCUT2D eigenvalue weighted by Crippen LogP contribution is 2.24. The Balaban J connectivity index is 1.95. The highest BCUT2D eigenvalue weighted by Gasteiger charge is 2.04. The van der Waals surface area contributed by atoms with Gasteiger partial charge in [0, 0.05) is 6.07 Å². The molecule has 0 saturated carbocycles. The lowest BCUT2D eigenvalue weighted by atomic mass is 10.0. The van der Waals surface area contributed by atoms with Crippen molar-refractivity contribution in [1.29, 1.82) is 0 Å². The first-order valence-corrected chi connectivity index (χ1v) is 21.2. The largest absolute Gasteiger partial charge is 0.493 e. The Hall–Kier alpha value is -1.18. The molecule has 2 nitrogen and oxygen atoms in total. The molecule has 1 aromatic carbocycles. The van der Waals surface area contributed by atoms with Gasteiger partial charge in [0.1, 0.15) is 11.5 Å². The normalized spacial score (nSPS) is 11.4. The van der Waals surface area contributed by atoms with Crippen LogP contribution < -0.4 is 9.47 Å². The molecule has 1 rings (SSSR count). The second-order valence-electron chi connectivity index (χ2n) is 14.5. The van der Waals surface area contributed by atoms with Gasteiger partial charge < -0.3 is 9.47 Å². The summed E-state index contributed by atoms with van der Waals surface area (Å²) in [5.41, 5.74) is 1.31. The van der Waals surface area contributed by atoms with E-state index in [0.29, 0.717) is 0 Å². The Bertz CT molecular complexity index is 672. The number of hydrogen-bond acceptors (Lipinski definition) is 2. The minimum atomic E-state index is 0.824. The zero-order valence-corrected chi connectivity index (χ0v) is 31.8. The van der Waals surface area contributed by atoms with Gasteiger partial charge in [0.25, 0.3) is 0 Å². The van der Waals surface area contributed by atoms with Gasteiger partial charge in [-0.3, -0.25) is 0 Å². The molecule has 0 N–H and O–H groups in total. The van der Waals surface area contributed by atoms with Crippen molar-refractivity contribution < 1.29 is 9.47 Å². The van der Waals surface area contributed by atoms with Gasteiger partial charge in [-0.25, -0.2) is 0 Å². The third-order valence-electron chi connectivity index (χ3n) is 9.88. The summed E-state index contributed by atoms with van der Waals surface area (Å²) in [4.78, 5) is 0. The summed E-state index contributed by atoms with van der Waals surface area (Å²) < 4.78 is 12.3. The van der Waals surface area contributed by atoms with Crippen molar-refractivity contribution in [3.05, 3.63) is 23.8 Å². The smallest absolute Gasteiger partial charge is 0.123 e. The molecule has 46 heavy (non-hydrogen) atoms. The van der Waals surface area contributed by atoms with Crippen LogP contribution in [0.2, 0.25) is 0 Å². The number of unbranched alkanes of at least 4 members (excludes halogenated alkanes) is 30. The number of rotatable bonds is 37. The van der Waals surface area contributed by atoms with Crippen molar-refractivity contribution >= 4 is 0 Å². The van der Waals surface area contributed by atoms with Gasteiger partial charge in [0.2, 0.25) is 0 Å². The Morgan fingerprint density at radius 2 is 0.543 bits per heavy atom. The summed E-state index contributed by atoms with van der Waals surface area (Å²) in [6.45, 7) is 8.46. The maximum Gasteiger partial charge on any atom is 0.123 e. The molecule has 0 aliphatic heterocycles. The topological polar surface area (TPSA) is 18.5 Å². The molecule has 1 aromatic rings. The summed E-state index contributed by atoms with van der Waals surface area (Å²) in [6.07, 6.45) is 45.9. The minimum absolute atomic E-state index is 0.824. The molecule has 0 spiro atoms. The third-order valence-corrected chi connectivity index (χ3v) is 9.88. The van der Waals surface area contributed by atoms with Crippen LogP contribution in [0.25, 0.3) is 0 Å². The van der Waals surface area contributed by atoms with Gasteiger partial charge >= 0.3 is 0 Å². The average Bonchev–Trinajstić information content (AvgIpc) is 3.07. The second-order valence-corrected chi connectivity index (χ2v) is 14.5. The SMILES string of the molecule is CCCCCCCCCCCCCCCCCCOc1cc(CC)cc(OCCCCCCCCCCCCCCCCCC)c1. The van der Waals surface area contributed by atoms with Crippen LogP contribution in [0.5, 0.6) is 11.5 Å². The van der Waals surface area contributed by atoms with Gasteiger partial charge in [-0.05, 0) is 37.0 Å². The molecule has 0 unspecified atom stereocenters. The maximum atomic E-state index is 6.17. The fraction of sp³-hybridized carbons (Fsp3) is 0.864. The van der Waals surface area contributed by atoms with Crippen molar-refractivity contribution in [3.8, 4) is 11.5 Å². The summed E-state index contributed by atoms with van der Waals surface area (Å²) >= 11 is 0. The van der Waals surface area contributed by atoms with Crippen LogP contribution in [0.1, 0.15) is 232 Å². The first kappa shape index (κ1) is 42.8. The van der Waals surface area contributed by atoms with Gasteiger partial charge in [0.05, 0.1) is 13.2 Å². The molecule has 0 radical (unpaired) electrons. The van der Waals surface area contributed by atoms with Gasteiger partial charge in [0.15, 0.2) is 0 Å². The third kappa shape index (κ3) is 29.0. The van der Waals surface area contributed by atoms with E-state index in [1.165, 1.54) is 198 Å². The zero-order chi connectivity index (χ0) is 33.0. The quantitative estimate of drug-likeness (QED) is 0.0672. The van der Waals surface area contributed by atoms with E-state index in [2.05, 4.69) is 39.0 Å². The van der Waals surface area contributed by atoms with E-state index >= 15 is 0 Å². The number of hydrogen-bond donors (Lipinski definition) is 0. The van der Waals surface area contributed by atoms with Crippen LogP contribution in [-0.4, -0.2) is 13.2 Å². The van der Waals surface area contributed by atoms with Gasteiger partial charge in [-0.2, -0.15) is 0 Å². The van der Waals surface area contributed by atoms with E-state index in [-0.39, 0.29) is 0 Å². The summed E-state index contributed by atoms with van der Waals surface area (Å²) in [5, 5.41) is 0. The lowest BCUT2D eigenvalue weighted by molar-refractivity contribution is 0.289. The molecular weight excluding hydrogens is 560 g/mol. The lowest BCUT2D eigenvalue weighted by Gasteiger charge is -2.12. The first-order chi connectivity index (χ1) is 22.8. The molecule has 0 atom stereocenters. The Morgan fingerprint density at radius 1 is 0.304 bits per heavy atom. The van der Waals surface area contributed by atoms with Crippen molar-refractivity contribution in [2.75, 3.05) is 13.2 Å². The van der Waals surface area contributed by atoms with E-state index in [1.807, 2.05) is 0 Å². The fourth-order valence-corrected chi connectivity index (χ4v) is 6.68. The van der Waals surface area contributed by atoms with Gasteiger partial charge in [-0.15, -0.1) is 0 Å². The monoisotopic (exact) mass is 643 g/mol. The molecule has 2 heteroatoms. The van der Waals surface area contributed by atoms with Crippen LogP contribution >= 0.6 is 0 Å². The zero-order valence-electron chi connectivity index (χ0n) is 31.8. The van der Waals surface area contributed by atoms with E-state index in [0.717, 1.165) is 44.0 Å². The number of aryl methyl sites for hydroxylation is 1. The molecular formula is C44H82O2. The molecule has 0 fully saturated rings. The second kappa shape index (κ2) is 35.1. The highest BCUT2D eigenvalue weighted by atomic mass is 16.5. The predicted molar refractivity (Wildman–Crippen MR) is 206 cm³/mol. The number of ether oxygens (including phenoxy) is 2. The molecule has 0 aliphatic carbocycles. The summed E-state index contributed by atoms with van der Waals surface area (Å²) in [6, 6.07) is 6.51. The van der Waals surface area contributed by atoms with Crippen molar-refractivity contribution in [2.24, 2.45) is 0 Å². The summed E-state index contributed by atoms with van der Waals surface area (Å²) in [5.74, 6) is 1.98. The first-order valence-electron chi connectivity index (χ1n) is 21.2. The molecule has 270 valence electrons. The lowest BCUT2D eigenvalue weighted by Crippen LogP contribution is -2.01. The van der Waals surface area contributed by atoms with Crippen LogP contribution in [0.4, 0.5) is 0 Å². The van der Waals surface area contributed by atoms with Crippen molar-refractivity contribution in [1.82, 2.24) is 0 Å². The van der Waals surface area contributed by atoms with Crippen molar-refractivity contribution in [2.45, 2.75) is 233 Å². The molecule has 0 heterocycles. The minimum Gasteiger partial charge on any atom is -0.493 e. The predicted octanol–water partition coefficient (Wildman–Crippen LogP) is 15.5. The standard InChI is InChI=1S/C44H82O2/c1-4-7-9-11-13-15-17-19-21-23-25-27-29-31-33-35-37-45-43-39-42(6-3)40-44(41-43)46-38-36-34-32-30-28-26-24-22-20-18-16-14-12-10-8-5-2/h39-41H,4-38H2,1-3H3. The molecule has 0 aliphatic rings. The highest BCUT2D eigenvalue weighted by molar-refractivity contribution is 5.38. The summed E-state index contributed by atoms with van der Waals surface area (Å²) in [7, 11) is 0. The maximum absolute atomic E-state index is 6.17. The van der Waals surface area contributed by atoms with Crippen LogP contribution in [-0.2, 0) is 6.42 Å². The van der Waals surface area contributed by atoms with E-state index in [1.54, 1.807) is 0 Å². The van der Waals surface area contributed by atoms with Gasteiger partial charge in [-0.1, -0.05) is 213 Å².